The largest absolute Gasteiger partial charge is 0.390 e. The van der Waals surface area contributed by atoms with Gasteiger partial charge in [0.05, 0.1) is 58.8 Å². The summed E-state index contributed by atoms with van der Waals surface area (Å²) < 4.78 is 6.61. The standard InChI is InChI=1S/2C24H32N6O.C23H30N6.CH4/c2*1-18(20-8-3-4-11-25-20)27(2)16-21-22(17-31)30-23(26-21)9-5-10-24(30)29-14-13-28-12-6-7-19(28)15-29;1-18(21-8-3-4-11-24-21)26(2)15-19-16-29-22(25-19)9-5-10-23(29)28-14-13-27-12-6-7-20(27)17-28;/h2*3-5,8-11,18-19,31H,6-7,12-17H2,1-2H3;3-5,8-11,16,18,20H,6-7,12-15,17H2,1-2H3;1H4/t18-,19+;18-,19-;18-,20+;/m000./s1. The number of hydrogen-bond donors (Lipinski definition) is 2. The Labute approximate surface area is 544 Å². The van der Waals surface area contributed by atoms with Crippen LogP contribution in [-0.2, 0) is 32.8 Å². The van der Waals surface area contributed by atoms with Gasteiger partial charge in [-0.2, -0.15) is 0 Å². The molecule has 0 amide bonds. The molecule has 0 unspecified atom stereocenters. The van der Waals surface area contributed by atoms with Gasteiger partial charge in [-0.3, -0.25) is 57.6 Å². The number of aliphatic hydroxyl groups excluding tert-OH is 2. The monoisotopic (exact) mass is 1250 g/mol. The molecule has 0 saturated carbocycles. The van der Waals surface area contributed by atoms with Crippen LogP contribution in [0.4, 0.5) is 17.5 Å². The van der Waals surface area contributed by atoms with Gasteiger partial charge in [-0.1, -0.05) is 43.8 Å². The van der Waals surface area contributed by atoms with Gasteiger partial charge < -0.3 is 24.9 Å². The highest BCUT2D eigenvalue weighted by atomic mass is 16.3. The summed E-state index contributed by atoms with van der Waals surface area (Å²) in [6.07, 6.45) is 15.6. The minimum absolute atomic E-state index is 0. The van der Waals surface area contributed by atoms with Crippen LogP contribution < -0.4 is 14.7 Å². The van der Waals surface area contributed by atoms with Crippen molar-refractivity contribution in [3.63, 3.8) is 0 Å². The topological polar surface area (TPSA) is 160 Å². The minimum atomic E-state index is -0.0251. The van der Waals surface area contributed by atoms with E-state index in [9.17, 15) is 10.2 Å². The van der Waals surface area contributed by atoms with E-state index in [-0.39, 0.29) is 38.8 Å². The molecule has 20 nitrogen and oxygen atoms in total. The quantitative estimate of drug-likeness (QED) is 0.0887. The Morgan fingerprint density at radius 2 is 0.815 bits per heavy atom. The first kappa shape index (κ1) is 64.7. The third-order valence-corrected chi connectivity index (χ3v) is 20.7. The van der Waals surface area contributed by atoms with Crippen LogP contribution in [0, 0.1) is 0 Å². The highest BCUT2D eigenvalue weighted by Gasteiger charge is 2.35. The number of rotatable bonds is 17. The Kier molecular flexibility index (Phi) is 20.6. The fraction of sp³-hybridized carbons (Fsp3) is 0.500. The van der Waals surface area contributed by atoms with Crippen molar-refractivity contribution in [2.75, 3.05) is 114 Å². The average molecular weight is 1250 g/mol. The van der Waals surface area contributed by atoms with Gasteiger partial charge in [0.25, 0.3) is 0 Å². The Bertz CT molecular complexity index is 3660. The van der Waals surface area contributed by atoms with E-state index in [1.54, 1.807) is 0 Å². The number of nitrogens with zero attached hydrogens (tertiary/aromatic N) is 18. The van der Waals surface area contributed by atoms with E-state index < -0.39 is 0 Å². The van der Waals surface area contributed by atoms with Crippen molar-refractivity contribution in [1.82, 2.24) is 72.5 Å². The van der Waals surface area contributed by atoms with Crippen molar-refractivity contribution in [2.24, 2.45) is 0 Å². The van der Waals surface area contributed by atoms with E-state index in [1.165, 1.54) is 70.5 Å². The van der Waals surface area contributed by atoms with Crippen LogP contribution in [0.15, 0.2) is 134 Å². The molecule has 20 heteroatoms. The highest BCUT2D eigenvalue weighted by Crippen LogP contribution is 2.33. The van der Waals surface area contributed by atoms with Crippen molar-refractivity contribution in [2.45, 2.75) is 136 Å². The first-order valence-corrected chi connectivity index (χ1v) is 33.5. The highest BCUT2D eigenvalue weighted by molar-refractivity contribution is 5.57. The van der Waals surface area contributed by atoms with Gasteiger partial charge in [0, 0.05) is 140 Å². The van der Waals surface area contributed by atoms with Crippen molar-refractivity contribution in [1.29, 1.82) is 0 Å². The van der Waals surface area contributed by atoms with Crippen molar-refractivity contribution in [3.8, 4) is 0 Å². The lowest BCUT2D eigenvalue weighted by molar-refractivity contribution is 0.229. The molecule has 0 aromatic carbocycles. The lowest BCUT2D eigenvalue weighted by atomic mass is 10.1. The zero-order valence-corrected chi connectivity index (χ0v) is 54.4. The number of piperazine rings is 3. The molecule has 488 valence electrons. The first-order valence-electron chi connectivity index (χ1n) is 33.5. The van der Waals surface area contributed by atoms with Gasteiger partial charge in [0.2, 0.25) is 0 Å². The lowest BCUT2D eigenvalue weighted by Gasteiger charge is -2.39. The smallest absolute Gasteiger partial charge is 0.138 e. The normalized spacial score (nSPS) is 20.5. The number of fused-ring (bicyclic) bond motifs is 6. The maximum Gasteiger partial charge on any atom is 0.138 e. The molecular formula is C72H98N18O2. The van der Waals surface area contributed by atoms with Crippen LogP contribution in [-0.4, -0.2) is 201 Å². The molecule has 9 aromatic heterocycles. The van der Waals surface area contributed by atoms with E-state index in [4.69, 9.17) is 15.0 Å². The summed E-state index contributed by atoms with van der Waals surface area (Å²) in [6, 6.07) is 39.8. The fourth-order valence-electron chi connectivity index (χ4n) is 15.1. The van der Waals surface area contributed by atoms with Gasteiger partial charge in [-0.25, -0.2) is 15.0 Å². The maximum absolute atomic E-state index is 10.3. The number of imidazole rings is 3. The molecule has 6 aliphatic heterocycles. The SMILES string of the molecule is C.C[C@@H](c1ccccn1)N(C)Cc1cn2c(N3CCN4CCC[C@@H]4C3)cccc2n1.C[C@@H](c1ccccn1)N(C)Cc1nc2cccc(N3CCN4CCC[C@@H]4C3)n2c1CO.C[C@@H](c1ccccn1)N(C)Cc1nc2cccc(N3CCN4CCC[C@H]4C3)n2c1CO. The molecule has 15 rings (SSSR count). The number of anilines is 3. The Hall–Kier alpha value is -7.40. The number of hydrogen-bond acceptors (Lipinski definition) is 17. The van der Waals surface area contributed by atoms with Crippen LogP contribution in [0.25, 0.3) is 16.9 Å². The van der Waals surface area contributed by atoms with Crippen molar-refractivity contribution >= 4 is 34.4 Å². The Morgan fingerprint density at radius 3 is 1.21 bits per heavy atom. The van der Waals surface area contributed by atoms with E-state index >= 15 is 0 Å². The van der Waals surface area contributed by atoms with Crippen LogP contribution >= 0.6 is 0 Å². The molecule has 2 N–H and O–H groups in total. The van der Waals surface area contributed by atoms with Crippen LogP contribution in [0.3, 0.4) is 0 Å². The van der Waals surface area contributed by atoms with Crippen LogP contribution in [0.2, 0.25) is 0 Å². The summed E-state index contributed by atoms with van der Waals surface area (Å²) >= 11 is 0. The second kappa shape index (κ2) is 29.3. The molecule has 0 spiro atoms. The van der Waals surface area contributed by atoms with Gasteiger partial charge in [0.1, 0.15) is 34.4 Å². The molecule has 6 saturated heterocycles. The van der Waals surface area contributed by atoms with E-state index in [1.807, 2.05) is 67.1 Å². The molecule has 0 aliphatic carbocycles. The summed E-state index contributed by atoms with van der Waals surface area (Å²) in [7, 11) is 6.32. The molecule has 9 aromatic rings. The number of pyridine rings is 6. The van der Waals surface area contributed by atoms with Gasteiger partial charge in [-0.15, -0.1) is 0 Å². The van der Waals surface area contributed by atoms with Gasteiger partial charge in [0.15, 0.2) is 0 Å². The van der Waals surface area contributed by atoms with Gasteiger partial charge in [-0.05, 0) is 173 Å². The molecule has 6 aliphatic rings. The molecule has 6 atom stereocenters. The minimum Gasteiger partial charge on any atom is -0.390 e. The third-order valence-electron chi connectivity index (χ3n) is 20.7. The maximum atomic E-state index is 10.3. The average Bonchev–Trinajstić information content (AvgIpc) is 1.63. The van der Waals surface area contributed by atoms with Crippen molar-refractivity contribution < 1.29 is 10.2 Å². The summed E-state index contributed by atoms with van der Waals surface area (Å²) in [5, 5.41) is 20.7. The summed E-state index contributed by atoms with van der Waals surface area (Å²) in [4.78, 5) is 50.5. The molecule has 6 fully saturated rings. The summed E-state index contributed by atoms with van der Waals surface area (Å²) in [5.41, 5.74) is 10.7. The lowest BCUT2D eigenvalue weighted by Crippen LogP contribution is -2.50. The van der Waals surface area contributed by atoms with E-state index in [2.05, 4.69) is 181 Å². The predicted molar refractivity (Wildman–Crippen MR) is 367 cm³/mol. The van der Waals surface area contributed by atoms with Crippen LogP contribution in [0.1, 0.15) is 130 Å². The molecule has 0 bridgehead atoms. The van der Waals surface area contributed by atoms with Crippen molar-refractivity contribution in [3.05, 3.63) is 180 Å². The van der Waals surface area contributed by atoms with Gasteiger partial charge >= 0.3 is 0 Å². The van der Waals surface area contributed by atoms with E-state index in [0.29, 0.717) is 31.2 Å². The molecule has 15 heterocycles. The zero-order valence-electron chi connectivity index (χ0n) is 54.4. The molecule has 92 heavy (non-hydrogen) atoms. The Morgan fingerprint density at radius 1 is 0.435 bits per heavy atom. The summed E-state index contributed by atoms with van der Waals surface area (Å²) in [6.45, 7) is 22.1. The number of aromatic nitrogens is 9. The van der Waals surface area contributed by atoms with E-state index in [0.717, 1.165) is 133 Å². The fourth-order valence-corrected chi connectivity index (χ4v) is 15.1. The first-order chi connectivity index (χ1) is 44.5. The molecule has 0 radical (unpaired) electrons. The predicted octanol–water partition coefficient (Wildman–Crippen LogP) is 9.24. The third kappa shape index (κ3) is 13.8. The molecular weight excluding hydrogens is 1150 g/mol. The number of aliphatic hydroxyl groups is 2. The van der Waals surface area contributed by atoms with Crippen LogP contribution in [0.5, 0.6) is 0 Å². The Balaban J connectivity index is 0.000000132. The second-order valence-electron chi connectivity index (χ2n) is 26.2. The second-order valence-corrected chi connectivity index (χ2v) is 26.2. The summed E-state index contributed by atoms with van der Waals surface area (Å²) in [5.74, 6) is 3.56. The zero-order chi connectivity index (χ0) is 62.5.